The number of hydrogen-bond donors (Lipinski definition) is 2. The van der Waals surface area contributed by atoms with Crippen LogP contribution in [0.25, 0.3) is 0 Å². The molecular weight excluding hydrogens is 355 g/mol. The summed E-state index contributed by atoms with van der Waals surface area (Å²) < 4.78 is 24.4. The van der Waals surface area contributed by atoms with Crippen LogP contribution in [-0.4, -0.2) is 53.7 Å². The number of urea groups is 1. The average Bonchev–Trinajstić information content (AvgIpc) is 3.15. The molecular formula is C18H21FN4O4. The topological polar surface area (TPSA) is 96.6 Å². The lowest BCUT2D eigenvalue weighted by Crippen LogP contribution is -2.50. The molecule has 1 aromatic heterocycles. The van der Waals surface area contributed by atoms with E-state index < -0.39 is 29.9 Å². The summed E-state index contributed by atoms with van der Waals surface area (Å²) in [6, 6.07) is 2.42. The Labute approximate surface area is 155 Å². The molecule has 1 aliphatic rings. The first-order valence-corrected chi connectivity index (χ1v) is 8.46. The number of methoxy groups -OCH3 is 2. The van der Waals surface area contributed by atoms with Gasteiger partial charge in [-0.25, -0.2) is 19.0 Å². The van der Waals surface area contributed by atoms with Gasteiger partial charge in [0.15, 0.2) is 0 Å². The Bertz CT molecular complexity index is 854. The first-order valence-electron chi connectivity index (χ1n) is 8.46. The predicted octanol–water partition coefficient (Wildman–Crippen LogP) is 1.78. The minimum absolute atomic E-state index is 0.296. The van der Waals surface area contributed by atoms with Crippen molar-refractivity contribution in [3.8, 4) is 5.75 Å². The second-order valence-corrected chi connectivity index (χ2v) is 6.19. The lowest BCUT2D eigenvalue weighted by atomic mass is 9.95. The van der Waals surface area contributed by atoms with E-state index >= 15 is 0 Å². The monoisotopic (exact) mass is 376 g/mol. The Balaban J connectivity index is 1.96. The Morgan fingerprint density at radius 2 is 2.19 bits per heavy atom. The maximum atomic E-state index is 14.8. The fraction of sp³-hybridized carbons (Fsp3) is 0.389. The van der Waals surface area contributed by atoms with Crippen LogP contribution < -0.4 is 10.1 Å². The molecule has 2 amide bonds. The van der Waals surface area contributed by atoms with Gasteiger partial charge in [0.05, 0.1) is 26.2 Å². The van der Waals surface area contributed by atoms with Gasteiger partial charge in [-0.3, -0.25) is 0 Å². The van der Waals surface area contributed by atoms with Crippen LogP contribution >= 0.6 is 0 Å². The number of amides is 2. The number of ether oxygens (including phenoxy) is 2. The Kier molecular flexibility index (Phi) is 5.29. The van der Waals surface area contributed by atoms with Gasteiger partial charge in [-0.15, -0.1) is 0 Å². The van der Waals surface area contributed by atoms with Gasteiger partial charge in [-0.1, -0.05) is 0 Å². The van der Waals surface area contributed by atoms with Crippen molar-refractivity contribution in [3.63, 3.8) is 0 Å². The van der Waals surface area contributed by atoms with Crippen LogP contribution in [0.2, 0.25) is 0 Å². The van der Waals surface area contributed by atoms with Crippen molar-refractivity contribution in [2.24, 2.45) is 0 Å². The summed E-state index contributed by atoms with van der Waals surface area (Å²) in [6.07, 6.45) is 2.07. The third kappa shape index (κ3) is 3.57. The van der Waals surface area contributed by atoms with E-state index in [1.165, 1.54) is 38.4 Å². The molecule has 0 aliphatic carbocycles. The predicted molar refractivity (Wildman–Crippen MR) is 93.8 cm³/mol. The van der Waals surface area contributed by atoms with Gasteiger partial charge in [0, 0.05) is 30.3 Å². The SMILES string of the molecule is COC(=O)[C@H](C)NC(=O)N1CCc2[nH]cnc2[C@H]1c1ccc(OC)cc1F. The van der Waals surface area contributed by atoms with Gasteiger partial charge in [-0.2, -0.15) is 0 Å². The lowest BCUT2D eigenvalue weighted by Gasteiger charge is -2.35. The highest BCUT2D eigenvalue weighted by Crippen LogP contribution is 2.35. The smallest absolute Gasteiger partial charge is 0.328 e. The molecule has 2 N–H and O–H groups in total. The van der Waals surface area contributed by atoms with Gasteiger partial charge in [0.2, 0.25) is 0 Å². The number of esters is 1. The van der Waals surface area contributed by atoms with E-state index in [4.69, 9.17) is 4.74 Å². The van der Waals surface area contributed by atoms with Crippen molar-refractivity contribution in [1.29, 1.82) is 0 Å². The highest BCUT2D eigenvalue weighted by molar-refractivity contribution is 5.83. The number of carbonyl (C=O) groups excluding carboxylic acids is 2. The van der Waals surface area contributed by atoms with Gasteiger partial charge in [-0.05, 0) is 19.1 Å². The number of imidazole rings is 1. The lowest BCUT2D eigenvalue weighted by molar-refractivity contribution is -0.142. The van der Waals surface area contributed by atoms with E-state index in [2.05, 4.69) is 20.0 Å². The molecule has 27 heavy (non-hydrogen) atoms. The number of carbonyl (C=O) groups is 2. The minimum Gasteiger partial charge on any atom is -0.497 e. The van der Waals surface area contributed by atoms with Crippen LogP contribution in [0.1, 0.15) is 29.9 Å². The maximum Gasteiger partial charge on any atom is 0.328 e. The first kappa shape index (κ1) is 18.7. The van der Waals surface area contributed by atoms with Gasteiger partial charge >= 0.3 is 12.0 Å². The third-order valence-corrected chi connectivity index (χ3v) is 4.58. The van der Waals surface area contributed by atoms with Gasteiger partial charge in [0.25, 0.3) is 0 Å². The van der Waals surface area contributed by atoms with Crippen LogP contribution in [-0.2, 0) is 16.0 Å². The van der Waals surface area contributed by atoms with Gasteiger partial charge in [0.1, 0.15) is 23.7 Å². The number of rotatable bonds is 4. The highest BCUT2D eigenvalue weighted by atomic mass is 19.1. The van der Waals surface area contributed by atoms with Gasteiger partial charge < -0.3 is 24.7 Å². The van der Waals surface area contributed by atoms with E-state index in [1.807, 2.05) is 0 Å². The van der Waals surface area contributed by atoms with Crippen LogP contribution in [0, 0.1) is 5.82 Å². The summed E-state index contributed by atoms with van der Waals surface area (Å²) in [5.41, 5.74) is 1.72. The molecule has 144 valence electrons. The third-order valence-electron chi connectivity index (χ3n) is 4.58. The van der Waals surface area contributed by atoms with E-state index in [9.17, 15) is 14.0 Å². The number of nitrogens with zero attached hydrogens (tertiary/aromatic N) is 2. The zero-order valence-corrected chi connectivity index (χ0v) is 15.3. The van der Waals surface area contributed by atoms with Crippen molar-refractivity contribution in [2.45, 2.75) is 25.4 Å². The number of H-pyrrole nitrogens is 1. The molecule has 0 saturated heterocycles. The molecule has 1 aromatic carbocycles. The van der Waals surface area contributed by atoms with Crippen LogP contribution in [0.5, 0.6) is 5.75 Å². The minimum atomic E-state index is -0.829. The molecule has 0 spiro atoms. The number of halogens is 1. The number of aromatic nitrogens is 2. The fourth-order valence-electron chi connectivity index (χ4n) is 3.17. The number of aromatic amines is 1. The molecule has 0 bridgehead atoms. The number of nitrogens with one attached hydrogen (secondary N) is 2. The Morgan fingerprint density at radius 3 is 2.85 bits per heavy atom. The molecule has 2 heterocycles. The number of fused-ring (bicyclic) bond motifs is 1. The quantitative estimate of drug-likeness (QED) is 0.793. The highest BCUT2D eigenvalue weighted by Gasteiger charge is 2.36. The van der Waals surface area contributed by atoms with E-state index in [0.29, 0.717) is 30.0 Å². The van der Waals surface area contributed by atoms with Crippen LogP contribution in [0.3, 0.4) is 0 Å². The van der Waals surface area contributed by atoms with Crippen molar-refractivity contribution < 1.29 is 23.5 Å². The molecule has 2 aromatic rings. The second-order valence-electron chi connectivity index (χ2n) is 6.19. The molecule has 3 rings (SSSR count). The van der Waals surface area contributed by atoms with E-state index in [1.54, 1.807) is 12.1 Å². The summed E-state index contributed by atoms with van der Waals surface area (Å²) in [7, 11) is 2.70. The summed E-state index contributed by atoms with van der Waals surface area (Å²) >= 11 is 0. The fourth-order valence-corrected chi connectivity index (χ4v) is 3.17. The zero-order chi connectivity index (χ0) is 19.6. The molecule has 2 atom stereocenters. The number of hydrogen-bond acceptors (Lipinski definition) is 5. The van der Waals surface area contributed by atoms with Crippen LogP contribution in [0.15, 0.2) is 24.5 Å². The summed E-state index contributed by atoms with van der Waals surface area (Å²) in [6.45, 7) is 1.86. The van der Waals surface area contributed by atoms with Crippen LogP contribution in [0.4, 0.5) is 9.18 Å². The average molecular weight is 376 g/mol. The van der Waals surface area contributed by atoms with Crippen molar-refractivity contribution in [3.05, 3.63) is 47.3 Å². The molecule has 0 saturated carbocycles. The maximum absolute atomic E-state index is 14.8. The summed E-state index contributed by atoms with van der Waals surface area (Å²) in [5, 5.41) is 2.59. The van der Waals surface area contributed by atoms with Crippen molar-refractivity contribution in [2.75, 3.05) is 20.8 Å². The Morgan fingerprint density at radius 1 is 1.41 bits per heavy atom. The summed E-state index contributed by atoms with van der Waals surface area (Å²) in [4.78, 5) is 33.2. The standard InChI is InChI=1S/C18H21FN4O4/c1-10(17(24)27-3)22-18(25)23-7-6-14-15(21-9-20-14)16(23)12-5-4-11(26-2)8-13(12)19/h4-5,8-10,16H,6-7H2,1-3H3,(H,20,21)(H,22,25)/t10-,16+/m0/s1. The molecule has 0 fully saturated rings. The Hall–Kier alpha value is -3.10. The van der Waals surface area contributed by atoms with E-state index in [0.717, 1.165) is 5.69 Å². The molecule has 0 unspecified atom stereocenters. The second kappa shape index (κ2) is 7.65. The number of benzene rings is 1. The summed E-state index contributed by atoms with van der Waals surface area (Å²) in [5.74, 6) is -0.688. The molecule has 1 aliphatic heterocycles. The van der Waals surface area contributed by atoms with Crippen molar-refractivity contribution >= 4 is 12.0 Å². The molecule has 8 nitrogen and oxygen atoms in total. The normalized spacial score (nSPS) is 17.0. The zero-order valence-electron chi connectivity index (χ0n) is 15.3. The van der Waals surface area contributed by atoms with E-state index in [-0.39, 0.29) is 0 Å². The molecule has 9 heteroatoms. The largest absolute Gasteiger partial charge is 0.497 e. The first-order chi connectivity index (χ1) is 13.0. The molecule has 0 radical (unpaired) electrons. The van der Waals surface area contributed by atoms with Crippen molar-refractivity contribution in [1.82, 2.24) is 20.2 Å².